The lowest BCUT2D eigenvalue weighted by atomic mass is 10.8. The molecule has 0 saturated heterocycles. The predicted molar refractivity (Wildman–Crippen MR) is 147 cm³/mol. The monoisotopic (exact) mass is 560 g/mol. The molecule has 0 aliphatic carbocycles. The highest BCUT2D eigenvalue weighted by Crippen LogP contribution is 1.42. The lowest BCUT2D eigenvalue weighted by molar-refractivity contribution is 0.186. The standard InChI is InChI=1S/3C3H6.7C2H6O2/c3*1-3-2;7*3-1-2-4/h3*3H,1H2,2H3;7*3-4H,1-2H2. The summed E-state index contributed by atoms with van der Waals surface area (Å²) in [4.78, 5) is 0. The Morgan fingerprint density at radius 1 is 0.270 bits per heavy atom. The second-order valence-electron chi connectivity index (χ2n) is 4.36. The van der Waals surface area contributed by atoms with Crippen LogP contribution in [0.2, 0.25) is 0 Å². The summed E-state index contributed by atoms with van der Waals surface area (Å²) in [7, 11) is 0. The van der Waals surface area contributed by atoms with Gasteiger partial charge in [-0.3, -0.25) is 0 Å². The number of rotatable bonds is 7. The van der Waals surface area contributed by atoms with Crippen LogP contribution in [0.4, 0.5) is 0 Å². The first-order valence-electron chi connectivity index (χ1n) is 10.9. The van der Waals surface area contributed by atoms with Gasteiger partial charge in [0.05, 0.1) is 92.5 Å². The van der Waals surface area contributed by atoms with Gasteiger partial charge in [0.15, 0.2) is 0 Å². The Morgan fingerprint density at radius 2 is 0.297 bits per heavy atom. The maximum Gasteiger partial charge on any atom is 0.0662 e. The Balaban J connectivity index is -0.0000000274. The van der Waals surface area contributed by atoms with Gasteiger partial charge in [0, 0.05) is 0 Å². The van der Waals surface area contributed by atoms with Gasteiger partial charge in [-0.05, 0) is 20.8 Å². The summed E-state index contributed by atoms with van der Waals surface area (Å²) in [5, 5.41) is 107. The minimum Gasteiger partial charge on any atom is -0.394 e. The summed E-state index contributed by atoms with van der Waals surface area (Å²) in [6.45, 7) is 14.0. The van der Waals surface area contributed by atoms with Crippen molar-refractivity contribution in [3.05, 3.63) is 38.0 Å². The van der Waals surface area contributed by atoms with E-state index in [2.05, 4.69) is 19.7 Å². The number of allylic oxidation sites excluding steroid dienone is 3. The topological polar surface area (TPSA) is 283 Å². The molecule has 0 aliphatic rings. The molecule has 236 valence electrons. The lowest BCUT2D eigenvalue weighted by Crippen LogP contribution is -1.85. The maximum atomic E-state index is 7.62. The molecule has 0 aliphatic heterocycles. The molecule has 0 spiro atoms. The molecule has 0 bridgehead atoms. The molecule has 0 fully saturated rings. The van der Waals surface area contributed by atoms with E-state index in [1.54, 1.807) is 18.2 Å². The Kier molecular flexibility index (Phi) is 282. The average molecular weight is 561 g/mol. The minimum absolute atomic E-state index is 0.125. The SMILES string of the molecule is C=CC.C=CC.C=CC.OCCO.OCCO.OCCO.OCCO.OCCO.OCCO.OCCO. The minimum atomic E-state index is -0.125. The van der Waals surface area contributed by atoms with Crippen LogP contribution >= 0.6 is 0 Å². The molecule has 0 saturated carbocycles. The van der Waals surface area contributed by atoms with Crippen LogP contribution in [0.5, 0.6) is 0 Å². The van der Waals surface area contributed by atoms with E-state index in [0.29, 0.717) is 0 Å². The first kappa shape index (κ1) is 65.1. The van der Waals surface area contributed by atoms with Gasteiger partial charge in [0.1, 0.15) is 0 Å². The molecule has 14 heteroatoms. The fourth-order valence-electron chi connectivity index (χ4n) is 0. The fraction of sp³-hybridized carbons (Fsp3) is 0.739. The van der Waals surface area contributed by atoms with Crippen LogP contribution in [0.25, 0.3) is 0 Å². The zero-order chi connectivity index (χ0) is 32.0. The first-order valence-corrected chi connectivity index (χ1v) is 10.9. The van der Waals surface area contributed by atoms with Crippen LogP contribution in [0.1, 0.15) is 20.8 Å². The average Bonchev–Trinajstić information content (AvgIpc) is 2.94. The van der Waals surface area contributed by atoms with E-state index in [0.717, 1.165) is 0 Å². The van der Waals surface area contributed by atoms with Gasteiger partial charge < -0.3 is 71.5 Å². The van der Waals surface area contributed by atoms with Crippen LogP contribution < -0.4 is 0 Å². The quantitative estimate of drug-likeness (QED) is 0.134. The van der Waals surface area contributed by atoms with Gasteiger partial charge in [0.2, 0.25) is 0 Å². The molecule has 0 heterocycles. The Morgan fingerprint density at radius 3 is 0.297 bits per heavy atom. The van der Waals surface area contributed by atoms with E-state index in [4.69, 9.17) is 71.5 Å². The third kappa shape index (κ3) is 1150. The molecule has 0 unspecified atom stereocenters. The zero-order valence-electron chi connectivity index (χ0n) is 23.0. The number of aliphatic hydroxyl groups is 14. The highest BCUT2D eigenvalue weighted by atomic mass is 16.3. The van der Waals surface area contributed by atoms with Crippen LogP contribution in [0, 0.1) is 0 Å². The van der Waals surface area contributed by atoms with E-state index in [1.165, 1.54) is 0 Å². The van der Waals surface area contributed by atoms with Gasteiger partial charge in [-0.15, -0.1) is 19.7 Å². The highest BCUT2D eigenvalue weighted by molar-refractivity contribution is 4.52. The van der Waals surface area contributed by atoms with Crippen LogP contribution in [0.3, 0.4) is 0 Å². The lowest BCUT2D eigenvalue weighted by Gasteiger charge is -1.70. The van der Waals surface area contributed by atoms with E-state index in [-0.39, 0.29) is 92.5 Å². The molecule has 0 aromatic rings. The third-order valence-corrected chi connectivity index (χ3v) is 0.700. The van der Waals surface area contributed by atoms with Crippen molar-refractivity contribution in [2.75, 3.05) is 92.5 Å². The molecule has 14 N–H and O–H groups in total. The largest absolute Gasteiger partial charge is 0.394 e. The first-order chi connectivity index (χ1) is 17.6. The molecule has 0 radical (unpaired) electrons. The van der Waals surface area contributed by atoms with E-state index in [1.807, 2.05) is 20.8 Å². The second-order valence-corrected chi connectivity index (χ2v) is 4.36. The normalized spacial score (nSPS) is 6.73. The Bertz CT molecular complexity index is 170. The molecule has 0 aromatic heterocycles. The molecule has 37 heavy (non-hydrogen) atoms. The molecular weight excluding hydrogens is 500 g/mol. The van der Waals surface area contributed by atoms with Crippen molar-refractivity contribution in [2.45, 2.75) is 20.8 Å². The van der Waals surface area contributed by atoms with E-state index < -0.39 is 0 Å². The van der Waals surface area contributed by atoms with Gasteiger partial charge in [-0.1, -0.05) is 18.2 Å². The van der Waals surface area contributed by atoms with Gasteiger partial charge in [-0.2, -0.15) is 0 Å². The van der Waals surface area contributed by atoms with Gasteiger partial charge in [-0.25, -0.2) is 0 Å². The van der Waals surface area contributed by atoms with Gasteiger partial charge in [0.25, 0.3) is 0 Å². The summed E-state index contributed by atoms with van der Waals surface area (Å²) in [6.07, 6.45) is 5.25. The summed E-state index contributed by atoms with van der Waals surface area (Å²) < 4.78 is 0. The zero-order valence-corrected chi connectivity index (χ0v) is 23.0. The van der Waals surface area contributed by atoms with Crippen LogP contribution in [-0.2, 0) is 0 Å². The molecule has 14 nitrogen and oxygen atoms in total. The predicted octanol–water partition coefficient (Wildman–Crippen LogP) is -3.63. The summed E-state index contributed by atoms with van der Waals surface area (Å²) in [6, 6.07) is 0. The number of aliphatic hydroxyl groups excluding tert-OH is 14. The van der Waals surface area contributed by atoms with E-state index >= 15 is 0 Å². The molecular formula is C23H60O14. The van der Waals surface area contributed by atoms with Crippen molar-refractivity contribution < 1.29 is 71.5 Å². The van der Waals surface area contributed by atoms with Crippen molar-refractivity contribution in [1.29, 1.82) is 0 Å². The van der Waals surface area contributed by atoms with Crippen LogP contribution in [-0.4, -0.2) is 164 Å². The molecule has 0 atom stereocenters. The van der Waals surface area contributed by atoms with Gasteiger partial charge >= 0.3 is 0 Å². The fourth-order valence-corrected chi connectivity index (χ4v) is 0. The van der Waals surface area contributed by atoms with Crippen molar-refractivity contribution in [1.82, 2.24) is 0 Å². The van der Waals surface area contributed by atoms with Crippen molar-refractivity contribution in [2.24, 2.45) is 0 Å². The van der Waals surface area contributed by atoms with Crippen molar-refractivity contribution in [3.63, 3.8) is 0 Å². The smallest absolute Gasteiger partial charge is 0.0662 e. The second kappa shape index (κ2) is 160. The summed E-state index contributed by atoms with van der Waals surface area (Å²) in [5.74, 6) is 0. The van der Waals surface area contributed by atoms with E-state index in [9.17, 15) is 0 Å². The molecule has 0 amide bonds. The summed E-state index contributed by atoms with van der Waals surface area (Å²) in [5.41, 5.74) is 0. The molecule has 0 aromatic carbocycles. The van der Waals surface area contributed by atoms with Crippen molar-refractivity contribution in [3.8, 4) is 0 Å². The molecule has 0 rings (SSSR count). The van der Waals surface area contributed by atoms with Crippen molar-refractivity contribution >= 4 is 0 Å². The highest BCUT2D eigenvalue weighted by Gasteiger charge is 1.60. The number of hydrogen-bond donors (Lipinski definition) is 14. The summed E-state index contributed by atoms with van der Waals surface area (Å²) >= 11 is 0. The Labute approximate surface area is 223 Å². The number of hydrogen-bond acceptors (Lipinski definition) is 14. The maximum absolute atomic E-state index is 7.62. The Hall–Kier alpha value is -1.34. The van der Waals surface area contributed by atoms with Crippen LogP contribution in [0.15, 0.2) is 38.0 Å². The third-order valence-electron chi connectivity index (χ3n) is 0.700.